The second-order valence-corrected chi connectivity index (χ2v) is 3.34. The van der Waals surface area contributed by atoms with E-state index in [2.05, 4.69) is 35.8 Å². The second kappa shape index (κ2) is 4.22. The Morgan fingerprint density at radius 2 is 1.79 bits per heavy atom. The van der Waals surface area contributed by atoms with E-state index in [-0.39, 0.29) is 0 Å². The van der Waals surface area contributed by atoms with Crippen LogP contribution in [0, 0.1) is 0 Å². The summed E-state index contributed by atoms with van der Waals surface area (Å²) >= 11 is 0. The van der Waals surface area contributed by atoms with Crippen molar-refractivity contribution >= 4 is 10.8 Å². The summed E-state index contributed by atoms with van der Waals surface area (Å²) in [6, 6.07) is 14.6. The lowest BCUT2D eigenvalue weighted by Gasteiger charge is -2.02. The number of rotatable bonds is 3. The van der Waals surface area contributed by atoms with Gasteiger partial charge in [0.05, 0.1) is 0 Å². The second-order valence-electron chi connectivity index (χ2n) is 3.34. The van der Waals surface area contributed by atoms with E-state index in [4.69, 9.17) is 5.21 Å². The lowest BCUT2D eigenvalue weighted by atomic mass is 10.1. The number of benzene rings is 2. The molecule has 0 aromatic heterocycles. The van der Waals surface area contributed by atoms with Gasteiger partial charge in [0.15, 0.2) is 0 Å². The number of nitrogens with one attached hydrogen (secondary N) is 1. The minimum atomic E-state index is 0.596. The van der Waals surface area contributed by atoms with E-state index in [9.17, 15) is 0 Å². The highest BCUT2D eigenvalue weighted by atomic mass is 16.5. The lowest BCUT2D eigenvalue weighted by Crippen LogP contribution is -2.10. The van der Waals surface area contributed by atoms with E-state index in [0.717, 1.165) is 6.42 Å². The molecule has 14 heavy (non-hydrogen) atoms. The Balaban J connectivity index is 2.32. The number of hydroxylamine groups is 1. The largest absolute Gasteiger partial charge is 0.317 e. The topological polar surface area (TPSA) is 32.3 Å². The van der Waals surface area contributed by atoms with E-state index < -0.39 is 0 Å². The van der Waals surface area contributed by atoms with Crippen molar-refractivity contribution < 1.29 is 5.21 Å². The van der Waals surface area contributed by atoms with Crippen LogP contribution in [0.2, 0.25) is 0 Å². The highest BCUT2D eigenvalue weighted by molar-refractivity contribution is 5.82. The molecule has 2 aromatic rings. The Hall–Kier alpha value is -1.38. The van der Waals surface area contributed by atoms with Crippen LogP contribution in [0.15, 0.2) is 42.5 Å². The van der Waals surface area contributed by atoms with Crippen LogP contribution >= 0.6 is 0 Å². The molecule has 2 heteroatoms. The van der Waals surface area contributed by atoms with Crippen molar-refractivity contribution in [3.63, 3.8) is 0 Å². The van der Waals surface area contributed by atoms with Crippen LogP contribution in [0.4, 0.5) is 0 Å². The van der Waals surface area contributed by atoms with Crippen molar-refractivity contribution in [2.45, 2.75) is 6.42 Å². The first-order valence-electron chi connectivity index (χ1n) is 4.75. The summed E-state index contributed by atoms with van der Waals surface area (Å²) in [7, 11) is 0. The summed E-state index contributed by atoms with van der Waals surface area (Å²) < 4.78 is 0. The molecule has 0 heterocycles. The summed E-state index contributed by atoms with van der Waals surface area (Å²) in [6.45, 7) is 0.596. The van der Waals surface area contributed by atoms with Crippen molar-refractivity contribution in [1.29, 1.82) is 0 Å². The SMILES string of the molecule is ONCCc1ccc2ccccc2c1. The van der Waals surface area contributed by atoms with Gasteiger partial charge in [-0.2, -0.15) is 0 Å². The fraction of sp³-hybridized carbons (Fsp3) is 0.167. The molecule has 0 aliphatic rings. The van der Waals surface area contributed by atoms with E-state index in [1.165, 1.54) is 16.3 Å². The van der Waals surface area contributed by atoms with Crippen LogP contribution in [0.3, 0.4) is 0 Å². The van der Waals surface area contributed by atoms with Gasteiger partial charge in [-0.3, -0.25) is 0 Å². The zero-order valence-corrected chi connectivity index (χ0v) is 7.90. The Bertz CT molecular complexity index is 425. The van der Waals surface area contributed by atoms with Crippen LogP contribution in [0.1, 0.15) is 5.56 Å². The first kappa shape index (κ1) is 9.19. The van der Waals surface area contributed by atoms with E-state index >= 15 is 0 Å². The Morgan fingerprint density at radius 3 is 2.57 bits per heavy atom. The molecule has 0 bridgehead atoms. The van der Waals surface area contributed by atoms with Crippen molar-refractivity contribution in [3.05, 3.63) is 48.0 Å². The van der Waals surface area contributed by atoms with Crippen molar-refractivity contribution in [2.75, 3.05) is 6.54 Å². The standard InChI is InChI=1S/C12H13NO/c14-13-8-7-10-5-6-11-3-1-2-4-12(11)9-10/h1-6,9,13-14H,7-8H2. The van der Waals surface area contributed by atoms with Crippen molar-refractivity contribution in [1.82, 2.24) is 5.48 Å². The summed E-state index contributed by atoms with van der Waals surface area (Å²) in [5.41, 5.74) is 3.41. The Morgan fingerprint density at radius 1 is 1.00 bits per heavy atom. The van der Waals surface area contributed by atoms with Crippen LogP contribution in [-0.4, -0.2) is 11.8 Å². The molecule has 0 spiro atoms. The van der Waals surface area contributed by atoms with Crippen LogP contribution in [-0.2, 0) is 6.42 Å². The van der Waals surface area contributed by atoms with Crippen LogP contribution in [0.25, 0.3) is 10.8 Å². The normalized spacial score (nSPS) is 10.6. The van der Waals surface area contributed by atoms with Gasteiger partial charge in [-0.15, -0.1) is 0 Å². The molecule has 0 amide bonds. The third kappa shape index (κ3) is 1.92. The molecule has 0 saturated carbocycles. The van der Waals surface area contributed by atoms with Gasteiger partial charge in [-0.25, -0.2) is 5.48 Å². The maximum absolute atomic E-state index is 8.49. The molecule has 0 unspecified atom stereocenters. The molecular weight excluding hydrogens is 174 g/mol. The van der Waals surface area contributed by atoms with Gasteiger partial charge in [-0.1, -0.05) is 42.5 Å². The lowest BCUT2D eigenvalue weighted by molar-refractivity contribution is 0.168. The van der Waals surface area contributed by atoms with E-state index in [1.54, 1.807) is 0 Å². The van der Waals surface area contributed by atoms with E-state index in [0.29, 0.717) is 6.54 Å². The van der Waals surface area contributed by atoms with Crippen LogP contribution < -0.4 is 5.48 Å². The summed E-state index contributed by atoms with van der Waals surface area (Å²) in [5, 5.41) is 11.0. The molecule has 0 fully saturated rings. The molecule has 2 aromatic carbocycles. The average molecular weight is 187 g/mol. The van der Waals surface area contributed by atoms with Gasteiger partial charge < -0.3 is 5.21 Å². The molecule has 2 nitrogen and oxygen atoms in total. The van der Waals surface area contributed by atoms with Gasteiger partial charge in [-0.05, 0) is 22.8 Å². The summed E-state index contributed by atoms with van der Waals surface area (Å²) in [6.07, 6.45) is 0.849. The molecule has 0 aliphatic heterocycles. The van der Waals surface area contributed by atoms with Crippen LogP contribution in [0.5, 0.6) is 0 Å². The fourth-order valence-corrected chi connectivity index (χ4v) is 1.59. The van der Waals surface area contributed by atoms with Gasteiger partial charge in [0.1, 0.15) is 0 Å². The molecule has 0 radical (unpaired) electrons. The fourth-order valence-electron chi connectivity index (χ4n) is 1.59. The average Bonchev–Trinajstić information content (AvgIpc) is 2.26. The molecule has 0 aliphatic carbocycles. The minimum absolute atomic E-state index is 0.596. The molecule has 0 saturated heterocycles. The first-order chi connectivity index (χ1) is 6.90. The van der Waals surface area contributed by atoms with Crippen molar-refractivity contribution in [2.24, 2.45) is 0 Å². The minimum Gasteiger partial charge on any atom is -0.317 e. The molecule has 2 rings (SSSR count). The van der Waals surface area contributed by atoms with Gasteiger partial charge >= 0.3 is 0 Å². The van der Waals surface area contributed by atoms with Gasteiger partial charge in [0.2, 0.25) is 0 Å². The predicted octanol–water partition coefficient (Wildman–Crippen LogP) is 2.36. The molecular formula is C12H13NO. The van der Waals surface area contributed by atoms with Crippen molar-refractivity contribution in [3.8, 4) is 0 Å². The maximum Gasteiger partial charge on any atom is 0.0247 e. The smallest absolute Gasteiger partial charge is 0.0247 e. The Kier molecular flexibility index (Phi) is 2.77. The highest BCUT2D eigenvalue weighted by Gasteiger charge is 1.95. The van der Waals surface area contributed by atoms with Gasteiger partial charge in [0.25, 0.3) is 0 Å². The zero-order valence-electron chi connectivity index (χ0n) is 7.90. The monoisotopic (exact) mass is 187 g/mol. The maximum atomic E-state index is 8.49. The quantitative estimate of drug-likeness (QED) is 0.723. The number of hydrogen-bond donors (Lipinski definition) is 2. The summed E-state index contributed by atoms with van der Waals surface area (Å²) in [5.74, 6) is 0. The van der Waals surface area contributed by atoms with Gasteiger partial charge in [0, 0.05) is 6.54 Å². The number of hydrogen-bond acceptors (Lipinski definition) is 2. The highest BCUT2D eigenvalue weighted by Crippen LogP contribution is 2.15. The predicted molar refractivity (Wildman–Crippen MR) is 57.4 cm³/mol. The molecule has 0 atom stereocenters. The summed E-state index contributed by atoms with van der Waals surface area (Å²) in [4.78, 5) is 0. The van der Waals surface area contributed by atoms with E-state index in [1.807, 2.05) is 12.1 Å². The first-order valence-corrected chi connectivity index (χ1v) is 4.75. The molecule has 72 valence electrons. The molecule has 2 N–H and O–H groups in total. The Labute approximate surface area is 83.1 Å². The number of fused-ring (bicyclic) bond motifs is 1. The third-order valence-corrected chi connectivity index (χ3v) is 2.34. The zero-order chi connectivity index (χ0) is 9.80. The third-order valence-electron chi connectivity index (χ3n) is 2.34.